The summed E-state index contributed by atoms with van der Waals surface area (Å²) >= 11 is 0. The molecule has 0 amide bonds. The molecule has 0 radical (unpaired) electrons. The molecule has 2 aromatic rings. The molecule has 2 fully saturated rings. The van der Waals surface area contributed by atoms with E-state index in [0.29, 0.717) is 5.92 Å². The van der Waals surface area contributed by atoms with Gasteiger partial charge in [0.25, 0.3) is 0 Å². The van der Waals surface area contributed by atoms with E-state index in [4.69, 9.17) is 4.98 Å². The predicted molar refractivity (Wildman–Crippen MR) is 110 cm³/mol. The summed E-state index contributed by atoms with van der Waals surface area (Å²) < 4.78 is 0. The molecule has 150 valence electrons. The third kappa shape index (κ3) is 4.50. The smallest absolute Gasteiger partial charge is 0.225 e. The number of piperazine rings is 1. The van der Waals surface area contributed by atoms with E-state index >= 15 is 0 Å². The van der Waals surface area contributed by atoms with Gasteiger partial charge in [-0.15, -0.1) is 0 Å². The minimum Gasteiger partial charge on any atom is -0.396 e. The van der Waals surface area contributed by atoms with E-state index in [2.05, 4.69) is 38.0 Å². The van der Waals surface area contributed by atoms with Crippen molar-refractivity contribution in [3.05, 3.63) is 47.5 Å². The maximum atomic E-state index is 9.60. The van der Waals surface area contributed by atoms with E-state index in [1.807, 2.05) is 19.2 Å². The number of pyridine rings is 1. The first-order valence-corrected chi connectivity index (χ1v) is 10.6. The first-order valence-electron chi connectivity index (χ1n) is 10.6. The number of aliphatic hydroxyl groups is 1. The molecule has 3 heterocycles. The molecule has 1 unspecified atom stereocenters. The van der Waals surface area contributed by atoms with Gasteiger partial charge in [-0.3, -0.25) is 9.88 Å². The Bertz CT molecular complexity index is 777. The average molecular weight is 382 g/mol. The summed E-state index contributed by atoms with van der Waals surface area (Å²) in [5.41, 5.74) is 3.34. The van der Waals surface area contributed by atoms with Crippen LogP contribution in [0.2, 0.25) is 0 Å². The Morgan fingerprint density at radius 3 is 2.75 bits per heavy atom. The van der Waals surface area contributed by atoms with Gasteiger partial charge in [-0.05, 0) is 44.4 Å². The van der Waals surface area contributed by atoms with Crippen LogP contribution in [0.5, 0.6) is 0 Å². The van der Waals surface area contributed by atoms with Crippen molar-refractivity contribution in [3.8, 4) is 0 Å². The molecule has 28 heavy (non-hydrogen) atoms. The molecule has 6 heteroatoms. The lowest BCUT2D eigenvalue weighted by molar-refractivity contribution is 0.133. The summed E-state index contributed by atoms with van der Waals surface area (Å²) in [7, 11) is 0. The van der Waals surface area contributed by atoms with Crippen LogP contribution in [-0.2, 0) is 6.54 Å². The summed E-state index contributed by atoms with van der Waals surface area (Å²) in [6.45, 7) is 5.73. The fraction of sp³-hybridized carbons (Fsp3) is 0.591. The van der Waals surface area contributed by atoms with Gasteiger partial charge < -0.3 is 10.0 Å². The SMILES string of the molecule is Cc1cccc(CN2CCN(c3nccc(C4CCCC4)n3)CC2CCO)n1. The normalized spacial score (nSPS) is 21.4. The van der Waals surface area contributed by atoms with E-state index in [9.17, 15) is 5.11 Å². The molecular weight excluding hydrogens is 350 g/mol. The maximum absolute atomic E-state index is 9.60. The van der Waals surface area contributed by atoms with Gasteiger partial charge in [0.1, 0.15) is 0 Å². The van der Waals surface area contributed by atoms with Crippen molar-refractivity contribution in [1.29, 1.82) is 0 Å². The standard InChI is InChI=1S/C22H31N5O/c1-17-5-4-8-19(24-17)15-26-12-13-27(16-20(26)10-14-28)22-23-11-9-21(25-22)18-6-2-3-7-18/h4-5,8-9,11,18,20,28H,2-3,6-7,10,12-16H2,1H3. The molecule has 0 spiro atoms. The first-order chi connectivity index (χ1) is 13.7. The summed E-state index contributed by atoms with van der Waals surface area (Å²) in [5, 5.41) is 9.60. The summed E-state index contributed by atoms with van der Waals surface area (Å²) in [6, 6.07) is 8.55. The van der Waals surface area contributed by atoms with Crippen LogP contribution in [0.1, 0.15) is 55.1 Å². The summed E-state index contributed by atoms with van der Waals surface area (Å²) in [6.07, 6.45) is 7.80. The highest BCUT2D eigenvalue weighted by atomic mass is 16.3. The van der Waals surface area contributed by atoms with Crippen LogP contribution in [0.3, 0.4) is 0 Å². The van der Waals surface area contributed by atoms with Crippen LogP contribution < -0.4 is 4.90 Å². The van der Waals surface area contributed by atoms with Crippen molar-refractivity contribution in [2.75, 3.05) is 31.1 Å². The number of hydrogen-bond acceptors (Lipinski definition) is 6. The van der Waals surface area contributed by atoms with Gasteiger partial charge in [-0.1, -0.05) is 18.9 Å². The Balaban J connectivity index is 1.46. The Hall–Kier alpha value is -2.05. The molecule has 1 aliphatic heterocycles. The van der Waals surface area contributed by atoms with E-state index in [0.717, 1.165) is 49.9 Å². The second kappa shape index (κ2) is 8.97. The third-order valence-corrected chi connectivity index (χ3v) is 6.10. The molecule has 1 N–H and O–H groups in total. The van der Waals surface area contributed by atoms with E-state index in [1.165, 1.54) is 31.4 Å². The predicted octanol–water partition coefficient (Wildman–Crippen LogP) is 2.91. The van der Waals surface area contributed by atoms with Crippen LogP contribution in [0.25, 0.3) is 0 Å². The number of aliphatic hydroxyl groups excluding tert-OH is 1. The van der Waals surface area contributed by atoms with E-state index in [-0.39, 0.29) is 12.6 Å². The fourth-order valence-electron chi connectivity index (χ4n) is 4.56. The lowest BCUT2D eigenvalue weighted by Gasteiger charge is -2.41. The lowest BCUT2D eigenvalue weighted by Crippen LogP contribution is -2.53. The number of anilines is 1. The highest BCUT2D eigenvalue weighted by molar-refractivity contribution is 5.33. The molecule has 2 aromatic heterocycles. The molecule has 1 saturated heterocycles. The van der Waals surface area contributed by atoms with Crippen molar-refractivity contribution >= 4 is 5.95 Å². The molecule has 6 nitrogen and oxygen atoms in total. The topological polar surface area (TPSA) is 65.4 Å². The first kappa shape index (κ1) is 19.3. The summed E-state index contributed by atoms with van der Waals surface area (Å²) in [5.74, 6) is 1.45. The Morgan fingerprint density at radius 1 is 1.11 bits per heavy atom. The maximum Gasteiger partial charge on any atom is 0.225 e. The molecule has 2 aliphatic rings. The van der Waals surface area contributed by atoms with Gasteiger partial charge >= 0.3 is 0 Å². The zero-order valence-electron chi connectivity index (χ0n) is 16.8. The highest BCUT2D eigenvalue weighted by Crippen LogP contribution is 2.33. The second-order valence-corrected chi connectivity index (χ2v) is 8.12. The molecular formula is C22H31N5O. The van der Waals surface area contributed by atoms with Gasteiger partial charge in [-0.2, -0.15) is 0 Å². The molecule has 1 aliphatic carbocycles. The van der Waals surface area contributed by atoms with Crippen molar-refractivity contribution < 1.29 is 5.11 Å². The van der Waals surface area contributed by atoms with E-state index in [1.54, 1.807) is 0 Å². The molecule has 0 aromatic carbocycles. The molecule has 1 atom stereocenters. The zero-order chi connectivity index (χ0) is 19.3. The largest absolute Gasteiger partial charge is 0.396 e. The third-order valence-electron chi connectivity index (χ3n) is 6.10. The van der Waals surface area contributed by atoms with Gasteiger partial charge in [-0.25, -0.2) is 9.97 Å². The second-order valence-electron chi connectivity index (χ2n) is 8.12. The van der Waals surface area contributed by atoms with Gasteiger partial charge in [0.2, 0.25) is 5.95 Å². The van der Waals surface area contributed by atoms with Crippen LogP contribution >= 0.6 is 0 Å². The monoisotopic (exact) mass is 381 g/mol. The number of aryl methyl sites for hydroxylation is 1. The van der Waals surface area contributed by atoms with E-state index < -0.39 is 0 Å². The van der Waals surface area contributed by atoms with Crippen LogP contribution in [-0.4, -0.2) is 57.2 Å². The van der Waals surface area contributed by atoms with Crippen LogP contribution in [0, 0.1) is 6.92 Å². The minimum absolute atomic E-state index is 0.194. The van der Waals surface area contributed by atoms with Crippen LogP contribution in [0.15, 0.2) is 30.5 Å². The van der Waals surface area contributed by atoms with Gasteiger partial charge in [0.05, 0.1) is 5.69 Å². The van der Waals surface area contributed by atoms with Crippen molar-refractivity contribution in [2.24, 2.45) is 0 Å². The molecule has 1 saturated carbocycles. The number of aromatic nitrogens is 3. The lowest BCUT2D eigenvalue weighted by atomic mass is 10.0. The molecule has 4 rings (SSSR count). The number of hydrogen-bond donors (Lipinski definition) is 1. The molecule has 0 bridgehead atoms. The van der Waals surface area contributed by atoms with Crippen LogP contribution in [0.4, 0.5) is 5.95 Å². The highest BCUT2D eigenvalue weighted by Gasteiger charge is 2.29. The average Bonchev–Trinajstić information content (AvgIpc) is 3.25. The Morgan fingerprint density at radius 2 is 1.96 bits per heavy atom. The quantitative estimate of drug-likeness (QED) is 0.830. The van der Waals surface area contributed by atoms with Gasteiger partial charge in [0, 0.05) is 62.3 Å². The Labute approximate surface area is 167 Å². The zero-order valence-corrected chi connectivity index (χ0v) is 16.8. The van der Waals surface area contributed by atoms with Crippen molar-refractivity contribution in [2.45, 2.75) is 57.5 Å². The van der Waals surface area contributed by atoms with Crippen molar-refractivity contribution in [1.82, 2.24) is 19.9 Å². The summed E-state index contributed by atoms with van der Waals surface area (Å²) in [4.78, 5) is 18.9. The fourth-order valence-corrected chi connectivity index (χ4v) is 4.56. The number of rotatable bonds is 6. The minimum atomic E-state index is 0.194. The number of nitrogens with zero attached hydrogens (tertiary/aromatic N) is 5. The van der Waals surface area contributed by atoms with Gasteiger partial charge in [0.15, 0.2) is 0 Å². The Kier molecular flexibility index (Phi) is 6.17. The van der Waals surface area contributed by atoms with Crippen molar-refractivity contribution in [3.63, 3.8) is 0 Å².